The van der Waals surface area contributed by atoms with Crippen molar-refractivity contribution >= 4 is 17.6 Å². The second-order valence-electron chi connectivity index (χ2n) is 6.58. The van der Waals surface area contributed by atoms with Crippen LogP contribution in [0.5, 0.6) is 17.2 Å². The lowest BCUT2D eigenvalue weighted by Crippen LogP contribution is -2.21. The molecule has 0 aliphatic carbocycles. The number of rotatable bonds is 7. The molecule has 10 nitrogen and oxygen atoms in total. The van der Waals surface area contributed by atoms with Gasteiger partial charge in [-0.1, -0.05) is 29.8 Å². The van der Waals surface area contributed by atoms with Crippen LogP contribution in [-0.2, 0) is 4.74 Å². The van der Waals surface area contributed by atoms with Crippen molar-refractivity contribution in [3.63, 3.8) is 0 Å². The molecule has 4 aromatic rings. The van der Waals surface area contributed by atoms with Crippen molar-refractivity contribution < 1.29 is 19.0 Å². The number of methoxy groups -OCH3 is 1. The average molecular weight is 468 g/mol. The maximum atomic E-state index is 12.7. The van der Waals surface area contributed by atoms with Gasteiger partial charge in [0.05, 0.1) is 25.6 Å². The number of para-hydroxylation sites is 1. The van der Waals surface area contributed by atoms with Crippen LogP contribution in [0.15, 0.2) is 59.5 Å². The van der Waals surface area contributed by atoms with Crippen LogP contribution in [0.25, 0.3) is 16.9 Å². The molecule has 0 aliphatic heterocycles. The van der Waals surface area contributed by atoms with Gasteiger partial charge in [-0.25, -0.2) is 4.79 Å². The highest BCUT2D eigenvalue weighted by Gasteiger charge is 2.21. The summed E-state index contributed by atoms with van der Waals surface area (Å²) in [5, 5.41) is 14.3. The monoisotopic (exact) mass is 467 g/mol. The van der Waals surface area contributed by atoms with Gasteiger partial charge in [0.25, 0.3) is 5.56 Å². The highest BCUT2D eigenvalue weighted by molar-refractivity contribution is 6.31. The molecule has 0 spiro atoms. The van der Waals surface area contributed by atoms with E-state index in [1.54, 1.807) is 49.4 Å². The zero-order valence-electron chi connectivity index (χ0n) is 17.6. The zero-order chi connectivity index (χ0) is 23.4. The van der Waals surface area contributed by atoms with Crippen LogP contribution in [-0.4, -0.2) is 44.9 Å². The fourth-order valence-corrected chi connectivity index (χ4v) is 3.20. The SMILES string of the molecule is CCOC(=O)c1n[nH]nc1-c1ccc(Oc2cnn(-c3ccccc3)c(=O)c2Cl)c(OC)c1. The molecule has 0 amide bonds. The lowest BCUT2D eigenvalue weighted by molar-refractivity contribution is 0.0520. The Morgan fingerprint density at radius 1 is 1.09 bits per heavy atom. The second kappa shape index (κ2) is 9.53. The van der Waals surface area contributed by atoms with Crippen LogP contribution in [0.4, 0.5) is 0 Å². The largest absolute Gasteiger partial charge is 0.493 e. The summed E-state index contributed by atoms with van der Waals surface area (Å²) >= 11 is 6.28. The van der Waals surface area contributed by atoms with Gasteiger partial charge in [-0.3, -0.25) is 4.79 Å². The van der Waals surface area contributed by atoms with Gasteiger partial charge in [0.1, 0.15) is 5.69 Å². The molecule has 0 radical (unpaired) electrons. The van der Waals surface area contributed by atoms with E-state index in [4.69, 9.17) is 25.8 Å². The summed E-state index contributed by atoms with van der Waals surface area (Å²) in [6.45, 7) is 1.91. The van der Waals surface area contributed by atoms with Crippen molar-refractivity contribution in [2.45, 2.75) is 6.92 Å². The third kappa shape index (κ3) is 4.41. The van der Waals surface area contributed by atoms with Gasteiger partial charge in [0, 0.05) is 5.56 Å². The summed E-state index contributed by atoms with van der Waals surface area (Å²) in [6.07, 6.45) is 1.35. The first-order valence-electron chi connectivity index (χ1n) is 9.80. The van der Waals surface area contributed by atoms with Gasteiger partial charge in [-0.15, -0.1) is 5.10 Å². The topological polar surface area (TPSA) is 121 Å². The number of carbonyl (C=O) groups excluding carboxylic acids is 1. The summed E-state index contributed by atoms with van der Waals surface area (Å²) in [7, 11) is 1.45. The van der Waals surface area contributed by atoms with Crippen LogP contribution in [0.3, 0.4) is 0 Å². The summed E-state index contributed by atoms with van der Waals surface area (Å²) in [6, 6.07) is 13.7. The number of ether oxygens (including phenoxy) is 3. The Morgan fingerprint density at radius 2 is 1.88 bits per heavy atom. The minimum Gasteiger partial charge on any atom is -0.493 e. The van der Waals surface area contributed by atoms with Crippen LogP contribution in [0.1, 0.15) is 17.4 Å². The third-order valence-corrected chi connectivity index (χ3v) is 4.91. The van der Waals surface area contributed by atoms with E-state index in [-0.39, 0.29) is 28.8 Å². The molecule has 0 unspecified atom stereocenters. The summed E-state index contributed by atoms with van der Waals surface area (Å²) in [5.41, 5.74) is 0.924. The Bertz CT molecular complexity index is 1350. The number of carbonyl (C=O) groups is 1. The summed E-state index contributed by atoms with van der Waals surface area (Å²) in [4.78, 5) is 24.8. The van der Waals surface area contributed by atoms with E-state index < -0.39 is 11.5 Å². The molecule has 2 aromatic carbocycles. The van der Waals surface area contributed by atoms with E-state index in [1.165, 1.54) is 18.0 Å². The van der Waals surface area contributed by atoms with Gasteiger partial charge < -0.3 is 14.2 Å². The minimum absolute atomic E-state index is 0.0457. The van der Waals surface area contributed by atoms with Crippen molar-refractivity contribution in [3.05, 3.63) is 75.8 Å². The maximum absolute atomic E-state index is 12.7. The maximum Gasteiger partial charge on any atom is 0.361 e. The molecule has 1 N–H and O–H groups in total. The molecule has 0 atom stereocenters. The standard InChI is InChI=1S/C22H18ClN5O5/c1-3-32-22(30)20-19(25-27-26-20)13-9-10-15(16(11-13)31-2)33-17-12-24-28(21(29)18(17)23)14-7-5-4-6-8-14/h4-12H,3H2,1-2H3,(H,25,26,27). The molecular formula is C22H18ClN5O5. The smallest absolute Gasteiger partial charge is 0.361 e. The first-order chi connectivity index (χ1) is 16.0. The number of nitrogens with one attached hydrogen (secondary N) is 1. The molecular weight excluding hydrogens is 450 g/mol. The Balaban J connectivity index is 1.65. The number of esters is 1. The van der Waals surface area contributed by atoms with E-state index in [0.29, 0.717) is 22.7 Å². The van der Waals surface area contributed by atoms with E-state index in [0.717, 1.165) is 0 Å². The Morgan fingerprint density at radius 3 is 2.61 bits per heavy atom. The van der Waals surface area contributed by atoms with Crippen LogP contribution < -0.4 is 15.0 Å². The van der Waals surface area contributed by atoms with Crippen molar-refractivity contribution in [1.82, 2.24) is 25.2 Å². The highest BCUT2D eigenvalue weighted by atomic mass is 35.5. The third-order valence-electron chi connectivity index (χ3n) is 4.56. The number of H-pyrrole nitrogens is 1. The van der Waals surface area contributed by atoms with Gasteiger partial charge in [0.15, 0.2) is 28.0 Å². The predicted octanol–water partition coefficient (Wildman–Crippen LogP) is 3.65. The molecule has 0 aliphatic rings. The van der Waals surface area contributed by atoms with Crippen molar-refractivity contribution in [2.24, 2.45) is 0 Å². The molecule has 0 fully saturated rings. The summed E-state index contributed by atoms with van der Waals surface area (Å²) < 4.78 is 17.4. The molecule has 0 saturated heterocycles. The first-order valence-corrected chi connectivity index (χ1v) is 10.2. The molecule has 33 heavy (non-hydrogen) atoms. The molecule has 168 valence electrons. The molecule has 4 rings (SSSR count). The van der Waals surface area contributed by atoms with E-state index in [1.807, 2.05) is 6.07 Å². The number of halogens is 1. The Labute approximate surface area is 192 Å². The van der Waals surface area contributed by atoms with Crippen molar-refractivity contribution in [2.75, 3.05) is 13.7 Å². The van der Waals surface area contributed by atoms with Crippen LogP contribution in [0.2, 0.25) is 5.02 Å². The van der Waals surface area contributed by atoms with Crippen LogP contribution >= 0.6 is 11.6 Å². The van der Waals surface area contributed by atoms with Crippen molar-refractivity contribution in [3.8, 4) is 34.2 Å². The molecule has 0 saturated carbocycles. The summed E-state index contributed by atoms with van der Waals surface area (Å²) in [5.74, 6) is 0.0579. The van der Waals surface area contributed by atoms with Gasteiger partial charge in [-0.05, 0) is 37.3 Å². The zero-order valence-corrected chi connectivity index (χ0v) is 18.4. The van der Waals surface area contributed by atoms with Gasteiger partial charge >= 0.3 is 5.97 Å². The fourth-order valence-electron chi connectivity index (χ4n) is 3.03. The van der Waals surface area contributed by atoms with E-state index in [9.17, 15) is 9.59 Å². The average Bonchev–Trinajstić information content (AvgIpc) is 3.33. The molecule has 0 bridgehead atoms. The number of nitrogens with zero attached hydrogens (tertiary/aromatic N) is 4. The Hall–Kier alpha value is -4.18. The van der Waals surface area contributed by atoms with E-state index >= 15 is 0 Å². The fraction of sp³-hybridized carbons (Fsp3) is 0.136. The quantitative estimate of drug-likeness (QED) is 0.409. The number of aromatic amines is 1. The number of benzene rings is 2. The van der Waals surface area contributed by atoms with Crippen molar-refractivity contribution in [1.29, 1.82) is 0 Å². The minimum atomic E-state index is -0.600. The Kier molecular flexibility index (Phi) is 6.36. The predicted molar refractivity (Wildman–Crippen MR) is 119 cm³/mol. The van der Waals surface area contributed by atoms with Gasteiger partial charge in [0.2, 0.25) is 0 Å². The number of aromatic nitrogens is 5. The molecule has 11 heteroatoms. The lowest BCUT2D eigenvalue weighted by Gasteiger charge is -2.13. The number of hydrogen-bond acceptors (Lipinski definition) is 8. The molecule has 2 heterocycles. The van der Waals surface area contributed by atoms with Gasteiger partial charge in [-0.2, -0.15) is 20.1 Å². The van der Waals surface area contributed by atoms with Crippen LogP contribution in [0, 0.1) is 0 Å². The molecule has 2 aromatic heterocycles. The lowest BCUT2D eigenvalue weighted by atomic mass is 10.1. The normalized spacial score (nSPS) is 10.6. The first kappa shape index (κ1) is 22.0. The number of hydrogen-bond donors (Lipinski definition) is 1. The van der Waals surface area contributed by atoms with E-state index in [2.05, 4.69) is 20.5 Å². The second-order valence-corrected chi connectivity index (χ2v) is 6.96. The highest BCUT2D eigenvalue weighted by Crippen LogP contribution is 2.36.